The first-order valence-corrected chi connectivity index (χ1v) is 6.99. The zero-order chi connectivity index (χ0) is 15.4. The van der Waals surface area contributed by atoms with Gasteiger partial charge in [0.15, 0.2) is 0 Å². The molecule has 6 heteroatoms. The van der Waals surface area contributed by atoms with E-state index in [0.29, 0.717) is 22.0 Å². The van der Waals surface area contributed by atoms with Gasteiger partial charge in [0.2, 0.25) is 0 Å². The average molecular weight is 320 g/mol. The fourth-order valence-corrected chi connectivity index (χ4v) is 2.12. The van der Waals surface area contributed by atoms with Crippen molar-refractivity contribution in [2.45, 2.75) is 6.92 Å². The Labute approximate surface area is 133 Å². The summed E-state index contributed by atoms with van der Waals surface area (Å²) in [5, 5.41) is 6.01. The van der Waals surface area contributed by atoms with Gasteiger partial charge in [-0.15, -0.1) is 0 Å². The lowest BCUT2D eigenvalue weighted by molar-refractivity contribution is 0.262. The van der Waals surface area contributed by atoms with Gasteiger partial charge in [0.25, 0.3) is 0 Å². The zero-order valence-electron chi connectivity index (χ0n) is 11.3. The van der Waals surface area contributed by atoms with Crippen LogP contribution in [0.2, 0.25) is 5.02 Å². The van der Waals surface area contributed by atoms with Crippen LogP contribution in [0.3, 0.4) is 0 Å². The second-order valence-corrected chi connectivity index (χ2v) is 5.30. The van der Waals surface area contributed by atoms with Gasteiger partial charge in [-0.05, 0) is 36.8 Å². The second kappa shape index (κ2) is 6.56. The second-order valence-electron chi connectivity index (χ2n) is 4.45. The summed E-state index contributed by atoms with van der Waals surface area (Å²) in [7, 11) is 0. The highest BCUT2D eigenvalue weighted by molar-refractivity contribution is 7.80. The van der Waals surface area contributed by atoms with E-state index < -0.39 is 6.03 Å². The Kier molecular flexibility index (Phi) is 4.77. The number of aryl methyl sites for hydroxylation is 1. The summed E-state index contributed by atoms with van der Waals surface area (Å²) < 4.78 is 0. The number of carbonyl (C=O) groups is 1. The maximum atomic E-state index is 12.0. The molecule has 0 bridgehead atoms. The van der Waals surface area contributed by atoms with Crippen molar-refractivity contribution in [2.75, 3.05) is 10.6 Å². The van der Waals surface area contributed by atoms with E-state index in [1.54, 1.807) is 36.4 Å². The first kappa shape index (κ1) is 15.3. The van der Waals surface area contributed by atoms with Crippen LogP contribution in [0.5, 0.6) is 0 Å². The molecule has 2 aromatic rings. The predicted molar refractivity (Wildman–Crippen MR) is 91.2 cm³/mol. The predicted octanol–water partition coefficient (Wildman–Crippen LogP) is 3.93. The van der Waals surface area contributed by atoms with Crippen LogP contribution in [0.1, 0.15) is 11.1 Å². The molecule has 21 heavy (non-hydrogen) atoms. The van der Waals surface area contributed by atoms with Gasteiger partial charge in [-0.3, -0.25) is 0 Å². The third-order valence-electron chi connectivity index (χ3n) is 2.87. The summed E-state index contributed by atoms with van der Waals surface area (Å²) in [6.45, 7) is 1.89. The van der Waals surface area contributed by atoms with Crippen molar-refractivity contribution in [3.05, 3.63) is 58.6 Å². The lowest BCUT2D eigenvalue weighted by atomic mass is 10.2. The molecule has 0 aromatic heterocycles. The lowest BCUT2D eigenvalue weighted by Crippen LogP contribution is -2.22. The van der Waals surface area contributed by atoms with Gasteiger partial charge >= 0.3 is 6.03 Å². The molecule has 0 heterocycles. The van der Waals surface area contributed by atoms with Crippen LogP contribution in [0.25, 0.3) is 0 Å². The van der Waals surface area contributed by atoms with Crippen molar-refractivity contribution < 1.29 is 4.79 Å². The number of anilines is 2. The fraction of sp³-hybridized carbons (Fsp3) is 0.0667. The summed E-state index contributed by atoms with van der Waals surface area (Å²) in [5.41, 5.74) is 8.35. The van der Waals surface area contributed by atoms with Crippen LogP contribution in [0.15, 0.2) is 42.5 Å². The first-order chi connectivity index (χ1) is 9.97. The van der Waals surface area contributed by atoms with Gasteiger partial charge in [0.05, 0.1) is 5.69 Å². The lowest BCUT2D eigenvalue weighted by Gasteiger charge is -2.11. The molecule has 0 spiro atoms. The molecule has 0 saturated carbocycles. The minimum absolute atomic E-state index is 0.226. The number of rotatable bonds is 3. The number of halogens is 1. The van der Waals surface area contributed by atoms with Gasteiger partial charge in [0.1, 0.15) is 4.99 Å². The molecule has 0 atom stereocenters. The molecule has 4 nitrogen and oxygen atoms in total. The van der Waals surface area contributed by atoms with Crippen molar-refractivity contribution >= 4 is 46.2 Å². The van der Waals surface area contributed by atoms with Crippen LogP contribution in [0, 0.1) is 6.92 Å². The maximum Gasteiger partial charge on any atom is 0.323 e. The monoisotopic (exact) mass is 319 g/mol. The average Bonchev–Trinajstić information content (AvgIpc) is 2.43. The molecule has 2 aromatic carbocycles. The first-order valence-electron chi connectivity index (χ1n) is 6.20. The van der Waals surface area contributed by atoms with Crippen molar-refractivity contribution in [1.29, 1.82) is 0 Å². The number of benzene rings is 2. The van der Waals surface area contributed by atoms with E-state index in [1.165, 1.54) is 0 Å². The molecule has 0 saturated heterocycles. The highest BCUT2D eigenvalue weighted by Crippen LogP contribution is 2.20. The van der Waals surface area contributed by atoms with Crippen LogP contribution < -0.4 is 16.4 Å². The van der Waals surface area contributed by atoms with Gasteiger partial charge in [-0.2, -0.15) is 0 Å². The summed E-state index contributed by atoms with van der Waals surface area (Å²) in [6, 6.07) is 12.0. The van der Waals surface area contributed by atoms with Crippen LogP contribution >= 0.6 is 23.8 Å². The number of amides is 2. The Bertz CT molecular complexity index is 703. The highest BCUT2D eigenvalue weighted by Gasteiger charge is 2.08. The largest absolute Gasteiger partial charge is 0.389 e. The van der Waals surface area contributed by atoms with Gasteiger partial charge in [-0.1, -0.05) is 42.0 Å². The number of urea groups is 1. The molecular weight excluding hydrogens is 306 g/mol. The van der Waals surface area contributed by atoms with E-state index in [9.17, 15) is 4.79 Å². The Morgan fingerprint density at radius 2 is 1.90 bits per heavy atom. The molecule has 108 valence electrons. The van der Waals surface area contributed by atoms with Crippen LogP contribution in [-0.4, -0.2) is 11.0 Å². The third kappa shape index (κ3) is 3.93. The Balaban J connectivity index is 2.12. The Morgan fingerprint density at radius 3 is 2.57 bits per heavy atom. The Hall–Kier alpha value is -2.11. The van der Waals surface area contributed by atoms with E-state index in [2.05, 4.69) is 10.6 Å². The number of hydrogen-bond donors (Lipinski definition) is 3. The Morgan fingerprint density at radius 1 is 1.19 bits per heavy atom. The molecular formula is C15H14ClN3OS. The van der Waals surface area contributed by atoms with Crippen molar-refractivity contribution in [1.82, 2.24) is 0 Å². The van der Waals surface area contributed by atoms with Crippen molar-refractivity contribution in [2.24, 2.45) is 5.73 Å². The maximum absolute atomic E-state index is 12.0. The number of carbonyl (C=O) groups excluding carboxylic acids is 1. The molecule has 2 amide bonds. The molecule has 0 aliphatic carbocycles. The van der Waals surface area contributed by atoms with Crippen LogP contribution in [-0.2, 0) is 0 Å². The zero-order valence-corrected chi connectivity index (χ0v) is 12.9. The van der Waals surface area contributed by atoms with E-state index in [-0.39, 0.29) is 4.99 Å². The molecule has 0 aliphatic rings. The molecule has 0 aliphatic heterocycles. The van der Waals surface area contributed by atoms with Crippen molar-refractivity contribution in [3.8, 4) is 0 Å². The number of thiocarbonyl (C=S) groups is 1. The third-order valence-corrected chi connectivity index (χ3v) is 3.50. The summed E-state index contributed by atoms with van der Waals surface area (Å²) in [4.78, 5) is 12.2. The van der Waals surface area contributed by atoms with E-state index >= 15 is 0 Å². The molecule has 2 rings (SSSR count). The molecule has 0 radical (unpaired) electrons. The van der Waals surface area contributed by atoms with Crippen molar-refractivity contribution in [3.63, 3.8) is 0 Å². The number of hydrogen-bond acceptors (Lipinski definition) is 2. The SMILES string of the molecule is Cc1ccc(NC(=O)Nc2ccccc2C(N)=S)cc1Cl. The number of nitrogens with two attached hydrogens (primary N) is 1. The van der Waals surface area contributed by atoms with E-state index in [4.69, 9.17) is 29.6 Å². The minimum atomic E-state index is -0.390. The smallest absolute Gasteiger partial charge is 0.323 e. The van der Waals surface area contributed by atoms with E-state index in [0.717, 1.165) is 5.56 Å². The van der Waals surface area contributed by atoms with E-state index in [1.807, 2.05) is 13.0 Å². The molecule has 4 N–H and O–H groups in total. The topological polar surface area (TPSA) is 67.2 Å². The normalized spacial score (nSPS) is 10.0. The van der Waals surface area contributed by atoms with Gasteiger partial charge in [-0.25, -0.2) is 4.79 Å². The summed E-state index contributed by atoms with van der Waals surface area (Å²) >= 11 is 11.0. The van der Waals surface area contributed by atoms with Crippen LogP contribution in [0.4, 0.5) is 16.2 Å². The number of para-hydroxylation sites is 1. The number of nitrogens with one attached hydrogen (secondary N) is 2. The standard InChI is InChI=1S/C15H14ClN3OS/c1-9-6-7-10(8-12(9)16)18-15(20)19-13-5-3-2-4-11(13)14(17)21/h2-8H,1H3,(H2,17,21)(H2,18,19,20). The summed E-state index contributed by atoms with van der Waals surface area (Å²) in [6.07, 6.45) is 0. The van der Waals surface area contributed by atoms with Gasteiger partial charge in [0, 0.05) is 16.3 Å². The minimum Gasteiger partial charge on any atom is -0.389 e. The quantitative estimate of drug-likeness (QED) is 0.751. The molecule has 0 fully saturated rings. The van der Waals surface area contributed by atoms with Gasteiger partial charge < -0.3 is 16.4 Å². The highest BCUT2D eigenvalue weighted by atomic mass is 35.5. The summed E-state index contributed by atoms with van der Waals surface area (Å²) in [5.74, 6) is 0. The molecule has 0 unspecified atom stereocenters. The fourth-order valence-electron chi connectivity index (χ4n) is 1.76.